The second kappa shape index (κ2) is 5.36. The zero-order valence-electron chi connectivity index (χ0n) is 10.1. The molecule has 0 saturated carbocycles. The zero-order valence-corrected chi connectivity index (χ0v) is 10.9. The average Bonchev–Trinajstić information content (AvgIpc) is 2.73. The first-order valence-electron chi connectivity index (χ1n) is 5.89. The molecule has 4 heteroatoms. The van der Waals surface area contributed by atoms with E-state index < -0.39 is 0 Å². The van der Waals surface area contributed by atoms with Crippen molar-refractivity contribution in [2.45, 2.75) is 32.2 Å². The molecule has 1 aliphatic rings. The van der Waals surface area contributed by atoms with Gasteiger partial charge < -0.3 is 9.84 Å². The van der Waals surface area contributed by atoms with Crippen molar-refractivity contribution < 1.29 is 9.84 Å². The molecule has 17 heavy (non-hydrogen) atoms. The minimum Gasteiger partial charge on any atom is -0.394 e. The highest BCUT2D eigenvalue weighted by Gasteiger charge is 2.34. The van der Waals surface area contributed by atoms with Crippen LogP contribution in [0.25, 0.3) is 0 Å². The van der Waals surface area contributed by atoms with E-state index >= 15 is 0 Å². The summed E-state index contributed by atoms with van der Waals surface area (Å²) in [6.07, 6.45) is -0.216. The molecule has 0 radical (unpaired) electrons. The van der Waals surface area contributed by atoms with Crippen LogP contribution < -0.4 is 0 Å². The van der Waals surface area contributed by atoms with Crippen LogP contribution in [0.4, 0.5) is 0 Å². The molecule has 2 unspecified atom stereocenters. The summed E-state index contributed by atoms with van der Waals surface area (Å²) in [4.78, 5) is 2.23. The summed E-state index contributed by atoms with van der Waals surface area (Å²) >= 11 is 6.00. The van der Waals surface area contributed by atoms with Gasteiger partial charge in [0.1, 0.15) is 6.23 Å². The molecule has 1 aromatic carbocycles. The van der Waals surface area contributed by atoms with Crippen molar-refractivity contribution in [2.75, 3.05) is 13.2 Å². The van der Waals surface area contributed by atoms with Gasteiger partial charge >= 0.3 is 0 Å². The fraction of sp³-hybridized carbons (Fsp3) is 0.538. The smallest absolute Gasteiger partial charge is 0.137 e. The van der Waals surface area contributed by atoms with E-state index in [0.29, 0.717) is 11.1 Å². The van der Waals surface area contributed by atoms with Crippen LogP contribution in [0.2, 0.25) is 5.02 Å². The Hall–Kier alpha value is -0.610. The Labute approximate surface area is 107 Å². The average molecular weight is 256 g/mol. The Morgan fingerprint density at radius 3 is 2.88 bits per heavy atom. The van der Waals surface area contributed by atoms with E-state index in [-0.39, 0.29) is 18.9 Å². The van der Waals surface area contributed by atoms with Crippen molar-refractivity contribution in [3.05, 3.63) is 34.9 Å². The second-order valence-corrected chi connectivity index (χ2v) is 5.08. The molecule has 1 N–H and O–H groups in total. The van der Waals surface area contributed by atoms with Gasteiger partial charge in [0.2, 0.25) is 0 Å². The van der Waals surface area contributed by atoms with Gasteiger partial charge in [-0.2, -0.15) is 0 Å². The summed E-state index contributed by atoms with van der Waals surface area (Å²) in [5.41, 5.74) is 1.04. The topological polar surface area (TPSA) is 32.7 Å². The fourth-order valence-corrected chi connectivity index (χ4v) is 2.35. The lowest BCUT2D eigenvalue weighted by Gasteiger charge is -2.26. The van der Waals surface area contributed by atoms with Crippen LogP contribution in [0.1, 0.15) is 25.6 Å². The van der Waals surface area contributed by atoms with Crippen LogP contribution in [-0.2, 0) is 4.74 Å². The number of benzene rings is 1. The van der Waals surface area contributed by atoms with E-state index in [0.717, 1.165) is 12.1 Å². The number of halogens is 1. The number of hydrogen-bond donors (Lipinski definition) is 1. The third-order valence-corrected chi connectivity index (χ3v) is 3.27. The van der Waals surface area contributed by atoms with Crippen LogP contribution in [0.15, 0.2) is 24.3 Å². The zero-order chi connectivity index (χ0) is 12.4. The van der Waals surface area contributed by atoms with E-state index in [4.69, 9.17) is 16.3 Å². The number of nitrogens with zero attached hydrogens (tertiary/aromatic N) is 1. The minimum absolute atomic E-state index is 0.0558. The predicted molar refractivity (Wildman–Crippen MR) is 68.0 cm³/mol. The molecule has 0 aromatic heterocycles. The highest BCUT2D eigenvalue weighted by molar-refractivity contribution is 6.30. The summed E-state index contributed by atoms with van der Waals surface area (Å²) in [6.45, 7) is 5.06. The van der Waals surface area contributed by atoms with Crippen molar-refractivity contribution in [2.24, 2.45) is 0 Å². The van der Waals surface area contributed by atoms with Gasteiger partial charge in [-0.3, -0.25) is 4.90 Å². The molecular formula is C13H18ClNO2. The van der Waals surface area contributed by atoms with Gasteiger partial charge in [0.05, 0.1) is 12.7 Å². The number of aliphatic hydroxyl groups excluding tert-OH is 1. The maximum atomic E-state index is 9.21. The molecule has 3 nitrogen and oxygen atoms in total. The summed E-state index contributed by atoms with van der Waals surface area (Å²) < 4.78 is 5.84. The van der Waals surface area contributed by atoms with Gasteiger partial charge in [-0.25, -0.2) is 0 Å². The Morgan fingerprint density at radius 1 is 1.53 bits per heavy atom. The fourth-order valence-electron chi connectivity index (χ4n) is 2.15. The van der Waals surface area contributed by atoms with Crippen molar-refractivity contribution in [1.29, 1.82) is 0 Å². The predicted octanol–water partition coefficient (Wildman–Crippen LogP) is 2.44. The SMILES string of the molecule is CC(C)N1CC(CO)OC1c1cccc(Cl)c1. The summed E-state index contributed by atoms with van der Waals surface area (Å²) in [6, 6.07) is 8.07. The first kappa shape index (κ1) is 12.8. The van der Waals surface area contributed by atoms with Crippen molar-refractivity contribution in [3.8, 4) is 0 Å². The third-order valence-electron chi connectivity index (χ3n) is 3.04. The molecule has 0 amide bonds. The molecule has 1 heterocycles. The van der Waals surface area contributed by atoms with Gasteiger partial charge in [-0.15, -0.1) is 0 Å². The molecule has 1 aromatic rings. The Bertz CT molecular complexity index is 383. The van der Waals surface area contributed by atoms with Gasteiger partial charge in [0.25, 0.3) is 0 Å². The molecule has 0 spiro atoms. The number of rotatable bonds is 3. The first-order valence-corrected chi connectivity index (χ1v) is 6.27. The summed E-state index contributed by atoms with van der Waals surface area (Å²) in [7, 11) is 0. The lowest BCUT2D eigenvalue weighted by molar-refractivity contribution is -0.0266. The standard InChI is InChI=1S/C13H18ClNO2/c1-9(2)15-7-12(8-16)17-13(15)10-4-3-5-11(14)6-10/h3-6,9,12-13,16H,7-8H2,1-2H3. The highest BCUT2D eigenvalue weighted by atomic mass is 35.5. The summed E-state index contributed by atoms with van der Waals surface area (Å²) in [5, 5.41) is 9.92. The van der Waals surface area contributed by atoms with Crippen LogP contribution in [-0.4, -0.2) is 35.3 Å². The number of ether oxygens (including phenoxy) is 1. The van der Waals surface area contributed by atoms with Gasteiger partial charge in [-0.05, 0) is 31.5 Å². The van der Waals surface area contributed by atoms with Crippen molar-refractivity contribution >= 4 is 11.6 Å². The molecular weight excluding hydrogens is 238 g/mol. The first-order chi connectivity index (χ1) is 8.11. The molecule has 1 saturated heterocycles. The lowest BCUT2D eigenvalue weighted by Crippen LogP contribution is -2.32. The Kier molecular flexibility index (Phi) is 4.05. The van der Waals surface area contributed by atoms with Gasteiger partial charge in [0.15, 0.2) is 0 Å². The second-order valence-electron chi connectivity index (χ2n) is 4.64. The Morgan fingerprint density at radius 2 is 2.29 bits per heavy atom. The van der Waals surface area contributed by atoms with Gasteiger partial charge in [0, 0.05) is 17.6 Å². The molecule has 94 valence electrons. The molecule has 1 aliphatic heterocycles. The molecule has 0 aliphatic carbocycles. The van der Waals surface area contributed by atoms with Crippen LogP contribution in [0, 0.1) is 0 Å². The monoisotopic (exact) mass is 255 g/mol. The Balaban J connectivity index is 2.23. The van der Waals surface area contributed by atoms with E-state index in [2.05, 4.69) is 18.7 Å². The van der Waals surface area contributed by atoms with Gasteiger partial charge in [-0.1, -0.05) is 23.7 Å². The van der Waals surface area contributed by atoms with Crippen LogP contribution >= 0.6 is 11.6 Å². The lowest BCUT2D eigenvalue weighted by atomic mass is 10.1. The number of aliphatic hydroxyl groups is 1. The normalized spacial score (nSPS) is 25.7. The minimum atomic E-state index is -0.110. The molecule has 0 bridgehead atoms. The third kappa shape index (κ3) is 2.80. The van der Waals surface area contributed by atoms with Crippen LogP contribution in [0.5, 0.6) is 0 Å². The van der Waals surface area contributed by atoms with E-state index in [1.165, 1.54) is 0 Å². The van der Waals surface area contributed by atoms with E-state index in [9.17, 15) is 5.11 Å². The van der Waals surface area contributed by atoms with E-state index in [1.54, 1.807) is 0 Å². The maximum absolute atomic E-state index is 9.21. The van der Waals surface area contributed by atoms with Crippen LogP contribution in [0.3, 0.4) is 0 Å². The number of hydrogen-bond acceptors (Lipinski definition) is 3. The quantitative estimate of drug-likeness (QED) is 0.901. The largest absolute Gasteiger partial charge is 0.394 e. The molecule has 2 rings (SSSR count). The molecule has 2 atom stereocenters. The van der Waals surface area contributed by atoms with E-state index in [1.807, 2.05) is 24.3 Å². The van der Waals surface area contributed by atoms with Crippen molar-refractivity contribution in [3.63, 3.8) is 0 Å². The highest BCUT2D eigenvalue weighted by Crippen LogP contribution is 2.32. The summed E-state index contributed by atoms with van der Waals surface area (Å²) in [5.74, 6) is 0. The molecule has 1 fully saturated rings. The maximum Gasteiger partial charge on any atom is 0.137 e. The van der Waals surface area contributed by atoms with Crippen molar-refractivity contribution in [1.82, 2.24) is 4.90 Å².